The monoisotopic (exact) mass is 394 g/mol. The summed E-state index contributed by atoms with van der Waals surface area (Å²) in [6.07, 6.45) is 1.40. The molecule has 154 valence electrons. The van der Waals surface area contributed by atoms with Crippen molar-refractivity contribution in [2.45, 2.75) is 38.3 Å². The van der Waals surface area contributed by atoms with Crippen molar-refractivity contribution >= 4 is 17.6 Å². The van der Waals surface area contributed by atoms with E-state index in [1.54, 1.807) is 7.05 Å². The second-order valence-corrected chi connectivity index (χ2v) is 7.31. The quantitative estimate of drug-likeness (QED) is 0.498. The van der Waals surface area contributed by atoms with Crippen LogP contribution in [0.5, 0.6) is 0 Å². The molecule has 1 heterocycles. The molecule has 2 unspecified atom stereocenters. The van der Waals surface area contributed by atoms with Crippen molar-refractivity contribution in [3.05, 3.63) is 65.7 Å². The van der Waals surface area contributed by atoms with Crippen LogP contribution in [0.15, 0.2) is 59.6 Å². The Morgan fingerprint density at radius 1 is 1.17 bits per heavy atom. The van der Waals surface area contributed by atoms with Gasteiger partial charge in [-0.05, 0) is 42.0 Å². The van der Waals surface area contributed by atoms with Gasteiger partial charge in [-0.25, -0.2) is 0 Å². The van der Waals surface area contributed by atoms with E-state index in [9.17, 15) is 4.79 Å². The minimum Gasteiger partial charge on any atom is -0.368 e. The molecule has 2 aromatic rings. The van der Waals surface area contributed by atoms with Gasteiger partial charge in [0.15, 0.2) is 5.96 Å². The number of amides is 1. The van der Waals surface area contributed by atoms with Gasteiger partial charge in [0.1, 0.15) is 6.10 Å². The SMILES string of the molecule is CN=C(NCc1cccc(NC(=O)C2CCCO2)c1)NCC(C)c1ccccc1. The number of carbonyl (C=O) groups is 1. The average Bonchev–Trinajstić information content (AvgIpc) is 3.30. The number of carbonyl (C=O) groups excluding carboxylic acids is 1. The van der Waals surface area contributed by atoms with Crippen molar-refractivity contribution in [2.75, 3.05) is 25.5 Å². The van der Waals surface area contributed by atoms with Crippen LogP contribution >= 0.6 is 0 Å². The number of hydrogen-bond donors (Lipinski definition) is 3. The van der Waals surface area contributed by atoms with Crippen LogP contribution < -0.4 is 16.0 Å². The molecular weight excluding hydrogens is 364 g/mol. The number of nitrogens with one attached hydrogen (secondary N) is 3. The van der Waals surface area contributed by atoms with Gasteiger partial charge in [-0.2, -0.15) is 0 Å². The summed E-state index contributed by atoms with van der Waals surface area (Å²) >= 11 is 0. The molecule has 2 atom stereocenters. The normalized spacial score (nSPS) is 17.6. The Morgan fingerprint density at radius 3 is 2.72 bits per heavy atom. The predicted molar refractivity (Wildman–Crippen MR) is 117 cm³/mol. The standard InChI is InChI=1S/C23H30N4O2/c1-17(19-9-4-3-5-10-19)15-25-23(24-2)26-16-18-8-6-11-20(14-18)27-22(28)21-12-7-13-29-21/h3-6,8-11,14,17,21H,7,12-13,15-16H2,1-2H3,(H,27,28)(H2,24,25,26). The van der Waals surface area contributed by atoms with Crippen LogP contribution in [-0.2, 0) is 16.1 Å². The number of ether oxygens (including phenoxy) is 1. The lowest BCUT2D eigenvalue weighted by molar-refractivity contribution is -0.124. The second kappa shape index (κ2) is 10.6. The highest BCUT2D eigenvalue weighted by atomic mass is 16.5. The Hall–Kier alpha value is -2.86. The molecule has 6 heteroatoms. The van der Waals surface area contributed by atoms with Gasteiger partial charge in [0, 0.05) is 32.4 Å². The largest absolute Gasteiger partial charge is 0.368 e. The number of hydrogen-bond acceptors (Lipinski definition) is 3. The number of aliphatic imine (C=N–C) groups is 1. The highest BCUT2D eigenvalue weighted by molar-refractivity contribution is 5.94. The summed E-state index contributed by atoms with van der Waals surface area (Å²) in [6.45, 7) is 4.26. The molecular formula is C23H30N4O2. The molecule has 0 spiro atoms. The zero-order chi connectivity index (χ0) is 20.5. The van der Waals surface area contributed by atoms with Gasteiger partial charge in [-0.15, -0.1) is 0 Å². The van der Waals surface area contributed by atoms with Gasteiger partial charge in [0.05, 0.1) is 0 Å². The van der Waals surface area contributed by atoms with E-state index in [0.717, 1.165) is 36.6 Å². The van der Waals surface area contributed by atoms with E-state index in [1.807, 2.05) is 30.3 Å². The van der Waals surface area contributed by atoms with Crippen molar-refractivity contribution in [2.24, 2.45) is 4.99 Å². The zero-order valence-corrected chi connectivity index (χ0v) is 17.2. The average molecular weight is 395 g/mol. The van der Waals surface area contributed by atoms with Crippen LogP contribution in [0.25, 0.3) is 0 Å². The summed E-state index contributed by atoms with van der Waals surface area (Å²) in [6, 6.07) is 18.3. The van der Waals surface area contributed by atoms with E-state index in [4.69, 9.17) is 4.74 Å². The van der Waals surface area contributed by atoms with Gasteiger partial charge in [-0.3, -0.25) is 9.79 Å². The van der Waals surface area contributed by atoms with Crippen LogP contribution in [0.4, 0.5) is 5.69 Å². The Kier molecular flexibility index (Phi) is 7.64. The Balaban J connectivity index is 1.48. The van der Waals surface area contributed by atoms with Gasteiger partial charge in [0.2, 0.25) is 0 Å². The molecule has 2 aromatic carbocycles. The molecule has 3 N–H and O–H groups in total. The maximum absolute atomic E-state index is 12.2. The maximum Gasteiger partial charge on any atom is 0.253 e. The van der Waals surface area contributed by atoms with E-state index >= 15 is 0 Å². The molecule has 3 rings (SSSR count). The summed E-state index contributed by atoms with van der Waals surface area (Å²) in [7, 11) is 1.76. The minimum atomic E-state index is -0.327. The van der Waals surface area contributed by atoms with Crippen LogP contribution in [-0.4, -0.2) is 38.2 Å². The van der Waals surface area contributed by atoms with Gasteiger partial charge in [-0.1, -0.05) is 49.4 Å². The number of anilines is 1. The molecule has 1 aliphatic heterocycles. The first kappa shape index (κ1) is 20.9. The highest BCUT2D eigenvalue weighted by Gasteiger charge is 2.23. The smallest absolute Gasteiger partial charge is 0.253 e. The van der Waals surface area contributed by atoms with E-state index in [0.29, 0.717) is 19.1 Å². The zero-order valence-electron chi connectivity index (χ0n) is 17.2. The fourth-order valence-electron chi connectivity index (χ4n) is 3.32. The van der Waals surface area contributed by atoms with Crippen molar-refractivity contribution in [3.63, 3.8) is 0 Å². The minimum absolute atomic E-state index is 0.0695. The predicted octanol–water partition coefficient (Wildman–Crippen LogP) is 3.27. The Morgan fingerprint density at radius 2 is 2.00 bits per heavy atom. The van der Waals surface area contributed by atoms with E-state index in [-0.39, 0.29) is 12.0 Å². The first-order valence-corrected chi connectivity index (χ1v) is 10.2. The summed E-state index contributed by atoms with van der Waals surface area (Å²) < 4.78 is 5.44. The van der Waals surface area contributed by atoms with Crippen molar-refractivity contribution in [1.29, 1.82) is 0 Å². The molecule has 0 saturated carbocycles. The molecule has 0 bridgehead atoms. The molecule has 0 radical (unpaired) electrons. The maximum atomic E-state index is 12.2. The van der Waals surface area contributed by atoms with E-state index in [2.05, 4.69) is 52.1 Å². The van der Waals surface area contributed by atoms with Crippen LogP contribution in [0.2, 0.25) is 0 Å². The number of nitrogens with zero attached hydrogens (tertiary/aromatic N) is 1. The second-order valence-electron chi connectivity index (χ2n) is 7.31. The molecule has 0 aromatic heterocycles. The Bertz CT molecular complexity index is 817. The van der Waals surface area contributed by atoms with Gasteiger partial charge in [0.25, 0.3) is 5.91 Å². The summed E-state index contributed by atoms with van der Waals surface area (Å²) in [5.74, 6) is 1.06. The van der Waals surface area contributed by atoms with Crippen LogP contribution in [0.3, 0.4) is 0 Å². The van der Waals surface area contributed by atoms with E-state index in [1.165, 1.54) is 5.56 Å². The molecule has 1 amide bonds. The van der Waals surface area contributed by atoms with Crippen molar-refractivity contribution < 1.29 is 9.53 Å². The highest BCUT2D eigenvalue weighted by Crippen LogP contribution is 2.16. The first-order chi connectivity index (χ1) is 14.2. The topological polar surface area (TPSA) is 74.8 Å². The molecule has 29 heavy (non-hydrogen) atoms. The van der Waals surface area contributed by atoms with Gasteiger partial charge >= 0.3 is 0 Å². The van der Waals surface area contributed by atoms with Gasteiger partial charge < -0.3 is 20.7 Å². The van der Waals surface area contributed by atoms with E-state index < -0.39 is 0 Å². The Labute approximate surface area is 172 Å². The van der Waals surface area contributed by atoms with Crippen LogP contribution in [0.1, 0.15) is 36.8 Å². The lowest BCUT2D eigenvalue weighted by Gasteiger charge is -2.17. The lowest BCUT2D eigenvalue weighted by atomic mass is 10.0. The molecule has 1 fully saturated rings. The van der Waals surface area contributed by atoms with Crippen LogP contribution in [0, 0.1) is 0 Å². The summed E-state index contributed by atoms with van der Waals surface area (Å²) in [4.78, 5) is 16.5. The summed E-state index contributed by atoms with van der Waals surface area (Å²) in [5.41, 5.74) is 3.14. The number of guanidine groups is 1. The fourth-order valence-corrected chi connectivity index (χ4v) is 3.32. The third-order valence-electron chi connectivity index (χ3n) is 5.04. The third kappa shape index (κ3) is 6.32. The third-order valence-corrected chi connectivity index (χ3v) is 5.04. The number of benzene rings is 2. The number of rotatable bonds is 7. The first-order valence-electron chi connectivity index (χ1n) is 10.2. The van der Waals surface area contributed by atoms with Crippen molar-refractivity contribution in [3.8, 4) is 0 Å². The fraction of sp³-hybridized carbons (Fsp3) is 0.391. The molecule has 1 saturated heterocycles. The lowest BCUT2D eigenvalue weighted by Crippen LogP contribution is -2.38. The molecule has 6 nitrogen and oxygen atoms in total. The molecule has 1 aliphatic rings. The van der Waals surface area contributed by atoms with Crippen molar-refractivity contribution in [1.82, 2.24) is 10.6 Å². The summed E-state index contributed by atoms with van der Waals surface area (Å²) in [5, 5.41) is 9.65. The molecule has 0 aliphatic carbocycles.